The lowest BCUT2D eigenvalue weighted by molar-refractivity contribution is 1.01. The van der Waals surface area contributed by atoms with Gasteiger partial charge in [-0.3, -0.25) is 0 Å². The number of para-hydroxylation sites is 4. The first kappa shape index (κ1) is 36.5. The summed E-state index contributed by atoms with van der Waals surface area (Å²) in [6.07, 6.45) is 4.00. The second-order valence-electron chi connectivity index (χ2n) is 14.5. The Balaban J connectivity index is 0.000000687. The summed E-state index contributed by atoms with van der Waals surface area (Å²) in [6.45, 7) is 8.00. The lowest BCUT2D eigenvalue weighted by Gasteiger charge is -2.09. The molecule has 58 heavy (non-hydrogen) atoms. The van der Waals surface area contributed by atoms with Crippen molar-refractivity contribution in [2.24, 2.45) is 7.05 Å². The van der Waals surface area contributed by atoms with Crippen LogP contribution >= 0.6 is 0 Å². The number of hydrogen-bond acceptors (Lipinski definition) is 0. The van der Waals surface area contributed by atoms with Gasteiger partial charge in [0.05, 0.1) is 22.1 Å². The highest BCUT2D eigenvalue weighted by molar-refractivity contribution is 6.13. The lowest BCUT2D eigenvalue weighted by atomic mass is 9.99. The number of rotatable bonds is 4. The fraction of sp³-hybridized carbons (Fsp3) is 0.0909. The van der Waals surface area contributed by atoms with E-state index in [1.54, 1.807) is 0 Å². The topological polar surface area (TPSA) is 14.8 Å². The Kier molecular flexibility index (Phi) is 9.73. The van der Waals surface area contributed by atoms with Crippen molar-refractivity contribution in [3.05, 3.63) is 194 Å². The number of hydrogen-bond donors (Lipinski definition) is 0. The van der Waals surface area contributed by atoms with Gasteiger partial charge in [-0.1, -0.05) is 135 Å². The quantitative estimate of drug-likeness (QED) is 0.159. The summed E-state index contributed by atoms with van der Waals surface area (Å²) in [5, 5.41) is 7.61. The minimum Gasteiger partial charge on any atom is -0.344 e. The average Bonchev–Trinajstić information content (AvgIpc) is 3.91. The lowest BCUT2D eigenvalue weighted by Crippen LogP contribution is -1.93. The van der Waals surface area contributed by atoms with E-state index in [2.05, 4.69) is 203 Å². The molecule has 0 spiro atoms. The third kappa shape index (κ3) is 6.07. The van der Waals surface area contributed by atoms with Gasteiger partial charge in [0.25, 0.3) is 0 Å². The highest BCUT2D eigenvalue weighted by Gasteiger charge is 2.17. The molecule has 0 radical (unpaired) electrons. The van der Waals surface area contributed by atoms with Crippen molar-refractivity contribution in [3.8, 4) is 33.6 Å². The zero-order chi connectivity index (χ0) is 39.8. The Morgan fingerprint density at radius 3 is 1.22 bits per heavy atom. The Bertz CT molecular complexity index is 3260. The van der Waals surface area contributed by atoms with Crippen LogP contribution < -0.4 is 0 Å². The number of aromatic nitrogens is 3. The molecule has 0 amide bonds. The predicted molar refractivity (Wildman–Crippen MR) is 252 cm³/mol. The van der Waals surface area contributed by atoms with E-state index in [9.17, 15) is 0 Å². The van der Waals surface area contributed by atoms with Gasteiger partial charge in [0.2, 0.25) is 0 Å². The fourth-order valence-corrected chi connectivity index (χ4v) is 8.58. The second-order valence-corrected chi connectivity index (χ2v) is 14.5. The molecule has 11 rings (SSSR count). The Morgan fingerprint density at radius 2 is 0.672 bits per heavy atom. The summed E-state index contributed by atoms with van der Waals surface area (Å²) in [6, 6.07) is 66.5. The summed E-state index contributed by atoms with van der Waals surface area (Å²) in [4.78, 5) is 0. The highest BCUT2D eigenvalue weighted by atomic mass is 15.0. The van der Waals surface area contributed by atoms with E-state index < -0.39 is 0 Å². The molecule has 3 heterocycles. The maximum Gasteiger partial charge on any atom is 0.0547 e. The summed E-state index contributed by atoms with van der Waals surface area (Å²) in [5.41, 5.74) is 14.6. The number of aryl methyl sites for hydroxylation is 1. The third-order valence-corrected chi connectivity index (χ3v) is 11.4. The van der Waals surface area contributed by atoms with Gasteiger partial charge >= 0.3 is 0 Å². The summed E-state index contributed by atoms with van der Waals surface area (Å²) in [7, 11) is 2.19. The van der Waals surface area contributed by atoms with Gasteiger partial charge < -0.3 is 13.7 Å². The van der Waals surface area contributed by atoms with Crippen LogP contribution in [0.1, 0.15) is 27.7 Å². The van der Waals surface area contributed by atoms with Crippen LogP contribution in [-0.4, -0.2) is 13.7 Å². The predicted octanol–water partition coefficient (Wildman–Crippen LogP) is 15.5. The summed E-state index contributed by atoms with van der Waals surface area (Å²) in [5.74, 6) is 0. The zero-order valence-electron chi connectivity index (χ0n) is 33.8. The standard InChI is InChI=1S/C49H33N3.C4H8.C2H6/c1-50-44-26-22-32(33-23-27-47-43(29-33)39-17-9-11-19-46(39)51(47)36-12-4-2-5-13-36)28-42(44)41-25-21-34(30-48(41)50)35-20-24-40-38-16-8-10-18-45(38)52(49(40)31-35)37-14-6-3-7-15-37;1-3-4-2;1-2/h2-31H,1H3;3-4H,1-2H3;1-2H3/b;4-3-;. The first-order valence-electron chi connectivity index (χ1n) is 20.4. The van der Waals surface area contributed by atoms with Gasteiger partial charge in [-0.05, 0) is 109 Å². The van der Waals surface area contributed by atoms with Gasteiger partial charge in [0.15, 0.2) is 0 Å². The summed E-state index contributed by atoms with van der Waals surface area (Å²) >= 11 is 0. The molecule has 0 fully saturated rings. The van der Waals surface area contributed by atoms with Gasteiger partial charge in [-0.2, -0.15) is 0 Å². The van der Waals surface area contributed by atoms with Crippen LogP contribution in [-0.2, 0) is 7.05 Å². The molecule has 0 saturated carbocycles. The molecule has 282 valence electrons. The van der Waals surface area contributed by atoms with Crippen LogP contribution in [0.25, 0.3) is 99.0 Å². The largest absolute Gasteiger partial charge is 0.344 e. The molecule has 11 aromatic rings. The first-order valence-corrected chi connectivity index (χ1v) is 20.4. The molecule has 3 nitrogen and oxygen atoms in total. The number of nitrogens with zero attached hydrogens (tertiary/aromatic N) is 3. The van der Waals surface area contributed by atoms with Gasteiger partial charge in [0, 0.05) is 61.8 Å². The molecule has 0 saturated heterocycles. The molecule has 8 aromatic carbocycles. The molecule has 0 aliphatic heterocycles. The van der Waals surface area contributed by atoms with Crippen molar-refractivity contribution in [2.45, 2.75) is 27.7 Å². The molecule has 0 atom stereocenters. The van der Waals surface area contributed by atoms with Crippen molar-refractivity contribution in [2.75, 3.05) is 0 Å². The zero-order valence-corrected chi connectivity index (χ0v) is 33.8. The summed E-state index contributed by atoms with van der Waals surface area (Å²) < 4.78 is 7.11. The molecule has 0 bridgehead atoms. The van der Waals surface area contributed by atoms with E-state index in [4.69, 9.17) is 0 Å². The van der Waals surface area contributed by atoms with Crippen molar-refractivity contribution in [1.29, 1.82) is 0 Å². The van der Waals surface area contributed by atoms with Crippen molar-refractivity contribution >= 4 is 65.4 Å². The average molecular weight is 750 g/mol. The number of fused-ring (bicyclic) bond motifs is 9. The van der Waals surface area contributed by atoms with Crippen molar-refractivity contribution in [3.63, 3.8) is 0 Å². The Morgan fingerprint density at radius 1 is 0.310 bits per heavy atom. The fourth-order valence-electron chi connectivity index (χ4n) is 8.58. The Labute approximate surface area is 340 Å². The highest BCUT2D eigenvalue weighted by Crippen LogP contribution is 2.39. The SMILES string of the molecule is C/C=C\C.CC.Cn1c2ccc(-c3ccc4c(c3)c3ccccc3n4-c3ccccc3)cc2c2ccc(-c3ccc4c5ccccc5n(-c5ccccc5)c4c3)cc21. The van der Waals surface area contributed by atoms with Crippen molar-refractivity contribution in [1.82, 2.24) is 13.7 Å². The Hall–Kier alpha value is -7.10. The molecule has 0 aliphatic rings. The van der Waals surface area contributed by atoms with E-state index in [0.717, 1.165) is 0 Å². The maximum atomic E-state index is 2.39. The minimum absolute atomic E-state index is 1.17. The van der Waals surface area contributed by atoms with E-state index in [1.165, 1.54) is 99.0 Å². The van der Waals surface area contributed by atoms with Gasteiger partial charge in [0.1, 0.15) is 0 Å². The molecule has 0 unspecified atom stereocenters. The van der Waals surface area contributed by atoms with Crippen LogP contribution in [0, 0.1) is 0 Å². The van der Waals surface area contributed by atoms with Crippen LogP contribution in [0.5, 0.6) is 0 Å². The van der Waals surface area contributed by atoms with Crippen LogP contribution in [0.2, 0.25) is 0 Å². The van der Waals surface area contributed by atoms with E-state index in [-0.39, 0.29) is 0 Å². The second kappa shape index (κ2) is 15.4. The van der Waals surface area contributed by atoms with E-state index >= 15 is 0 Å². The van der Waals surface area contributed by atoms with Gasteiger partial charge in [-0.15, -0.1) is 0 Å². The van der Waals surface area contributed by atoms with Gasteiger partial charge in [-0.25, -0.2) is 0 Å². The van der Waals surface area contributed by atoms with Crippen LogP contribution in [0.4, 0.5) is 0 Å². The normalized spacial score (nSPS) is 11.5. The number of benzene rings is 8. The maximum absolute atomic E-state index is 2.39. The van der Waals surface area contributed by atoms with Crippen LogP contribution in [0.15, 0.2) is 194 Å². The molecule has 0 aliphatic carbocycles. The molecule has 3 heteroatoms. The molecular formula is C55H47N3. The monoisotopic (exact) mass is 749 g/mol. The molecule has 3 aromatic heterocycles. The first-order chi connectivity index (χ1) is 28.6. The van der Waals surface area contributed by atoms with Crippen LogP contribution in [0.3, 0.4) is 0 Å². The van der Waals surface area contributed by atoms with E-state index in [1.807, 2.05) is 39.8 Å². The van der Waals surface area contributed by atoms with Crippen molar-refractivity contribution < 1.29 is 0 Å². The molecule has 0 N–H and O–H groups in total. The minimum atomic E-state index is 1.17. The smallest absolute Gasteiger partial charge is 0.0547 e. The third-order valence-electron chi connectivity index (χ3n) is 11.4. The molecular weight excluding hydrogens is 703 g/mol. The number of allylic oxidation sites excluding steroid dienone is 2. The van der Waals surface area contributed by atoms with E-state index in [0.29, 0.717) is 0 Å².